The highest BCUT2D eigenvalue weighted by Crippen LogP contribution is 2.29. The first-order valence-corrected chi connectivity index (χ1v) is 9.70. The van der Waals surface area contributed by atoms with Gasteiger partial charge in [0.2, 0.25) is 15.9 Å². The molecule has 1 aromatic carbocycles. The van der Waals surface area contributed by atoms with Gasteiger partial charge in [-0.25, -0.2) is 8.42 Å². The van der Waals surface area contributed by atoms with Gasteiger partial charge >= 0.3 is 0 Å². The molecule has 2 N–H and O–H groups in total. The zero-order valence-electron chi connectivity index (χ0n) is 14.3. The molecule has 7 nitrogen and oxygen atoms in total. The number of H-pyrrole nitrogens is 1. The van der Waals surface area contributed by atoms with Gasteiger partial charge in [0.15, 0.2) is 0 Å². The Morgan fingerprint density at radius 3 is 2.68 bits per heavy atom. The lowest BCUT2D eigenvalue weighted by molar-refractivity contribution is -0.124. The van der Waals surface area contributed by atoms with Crippen molar-refractivity contribution in [2.24, 2.45) is 0 Å². The molecule has 1 aliphatic heterocycles. The summed E-state index contributed by atoms with van der Waals surface area (Å²) in [4.78, 5) is 12.8. The van der Waals surface area contributed by atoms with E-state index in [1.165, 1.54) is 4.31 Å². The number of aromatic amines is 1. The van der Waals surface area contributed by atoms with Crippen molar-refractivity contribution in [3.8, 4) is 0 Å². The van der Waals surface area contributed by atoms with E-state index >= 15 is 0 Å². The van der Waals surface area contributed by atoms with E-state index in [-0.39, 0.29) is 10.8 Å². The molecule has 2 heterocycles. The van der Waals surface area contributed by atoms with E-state index in [0.29, 0.717) is 37.3 Å². The van der Waals surface area contributed by atoms with Crippen LogP contribution < -0.4 is 5.32 Å². The Morgan fingerprint density at radius 1 is 1.32 bits per heavy atom. The number of hydrogen-bond acceptors (Lipinski definition) is 4. The van der Waals surface area contributed by atoms with Crippen molar-refractivity contribution in [3.63, 3.8) is 0 Å². The molecule has 0 aliphatic carbocycles. The summed E-state index contributed by atoms with van der Waals surface area (Å²) in [6.45, 7) is 4.05. The van der Waals surface area contributed by atoms with E-state index in [9.17, 15) is 13.2 Å². The predicted octanol–water partition coefficient (Wildman–Crippen LogP) is 1.50. The van der Waals surface area contributed by atoms with Crippen LogP contribution in [-0.2, 0) is 21.4 Å². The highest BCUT2D eigenvalue weighted by Gasteiger charge is 2.41. The molecule has 0 bridgehead atoms. The third-order valence-corrected chi connectivity index (χ3v) is 6.62. The number of aryl methyl sites for hydroxylation is 2. The minimum absolute atomic E-state index is 0.176. The molecule has 134 valence electrons. The van der Waals surface area contributed by atoms with E-state index < -0.39 is 16.1 Å². The van der Waals surface area contributed by atoms with Crippen molar-refractivity contribution in [2.45, 2.75) is 44.2 Å². The number of rotatable bonds is 5. The summed E-state index contributed by atoms with van der Waals surface area (Å²) >= 11 is 0. The number of nitrogens with zero attached hydrogens (tertiary/aromatic N) is 2. The molecular formula is C17H22N4O3S. The van der Waals surface area contributed by atoms with Gasteiger partial charge in [-0.05, 0) is 32.3 Å². The number of carbonyl (C=O) groups excluding carboxylic acids is 1. The Labute approximate surface area is 147 Å². The molecule has 1 aromatic heterocycles. The maximum Gasteiger partial charge on any atom is 0.247 e. The highest BCUT2D eigenvalue weighted by atomic mass is 32.2. The van der Waals surface area contributed by atoms with Gasteiger partial charge in [0.05, 0.1) is 11.4 Å². The molecule has 0 saturated carbocycles. The van der Waals surface area contributed by atoms with Crippen LogP contribution in [0.5, 0.6) is 0 Å². The van der Waals surface area contributed by atoms with Crippen molar-refractivity contribution >= 4 is 15.9 Å². The number of amides is 1. The number of hydrogen-bond donors (Lipinski definition) is 2. The second-order valence-electron chi connectivity index (χ2n) is 6.24. The van der Waals surface area contributed by atoms with Crippen molar-refractivity contribution in [2.75, 3.05) is 6.54 Å². The minimum atomic E-state index is -3.76. The van der Waals surface area contributed by atoms with Gasteiger partial charge in [0.1, 0.15) is 10.9 Å². The Kier molecular flexibility index (Phi) is 4.91. The first kappa shape index (κ1) is 17.6. The molecule has 1 aliphatic rings. The van der Waals surface area contributed by atoms with Crippen molar-refractivity contribution in [1.82, 2.24) is 19.8 Å². The molecule has 3 rings (SSSR count). The summed E-state index contributed by atoms with van der Waals surface area (Å²) in [6.07, 6.45) is 1.19. The summed E-state index contributed by atoms with van der Waals surface area (Å²) < 4.78 is 27.3. The van der Waals surface area contributed by atoms with Crippen LogP contribution in [0.15, 0.2) is 35.2 Å². The van der Waals surface area contributed by atoms with Crippen LogP contribution in [0.1, 0.15) is 29.8 Å². The van der Waals surface area contributed by atoms with Crippen molar-refractivity contribution < 1.29 is 13.2 Å². The molecule has 1 amide bonds. The molecular weight excluding hydrogens is 340 g/mol. The van der Waals surface area contributed by atoms with Crippen LogP contribution >= 0.6 is 0 Å². The first-order valence-electron chi connectivity index (χ1n) is 8.26. The first-order chi connectivity index (χ1) is 11.9. The van der Waals surface area contributed by atoms with Gasteiger partial charge in [-0.3, -0.25) is 9.89 Å². The summed E-state index contributed by atoms with van der Waals surface area (Å²) in [7, 11) is -3.76. The second-order valence-corrected chi connectivity index (χ2v) is 8.07. The molecule has 0 spiro atoms. The molecule has 1 saturated heterocycles. The van der Waals surface area contributed by atoms with Gasteiger partial charge in [-0.2, -0.15) is 9.40 Å². The van der Waals surface area contributed by atoms with E-state index in [4.69, 9.17) is 0 Å². The largest absolute Gasteiger partial charge is 0.351 e. The van der Waals surface area contributed by atoms with Gasteiger partial charge < -0.3 is 5.32 Å². The molecule has 0 radical (unpaired) electrons. The van der Waals surface area contributed by atoms with Gasteiger partial charge in [-0.15, -0.1) is 0 Å². The third-order valence-electron chi connectivity index (χ3n) is 4.44. The number of benzene rings is 1. The SMILES string of the molecule is Cc1n[nH]c(C)c1S(=O)(=O)N1CCC[C@H]1C(=O)NCc1ccccc1. The lowest BCUT2D eigenvalue weighted by atomic mass is 10.2. The molecule has 8 heteroatoms. The quantitative estimate of drug-likeness (QED) is 0.842. The lowest BCUT2D eigenvalue weighted by Gasteiger charge is -2.23. The lowest BCUT2D eigenvalue weighted by Crippen LogP contribution is -2.45. The third kappa shape index (κ3) is 3.45. The zero-order chi connectivity index (χ0) is 18.0. The topological polar surface area (TPSA) is 95.2 Å². The van der Waals surface area contributed by atoms with Crippen LogP contribution in [0.25, 0.3) is 0 Å². The van der Waals surface area contributed by atoms with Gasteiger partial charge in [0.25, 0.3) is 0 Å². The van der Waals surface area contributed by atoms with E-state index in [1.54, 1.807) is 13.8 Å². The van der Waals surface area contributed by atoms with E-state index in [1.807, 2.05) is 30.3 Å². The smallest absolute Gasteiger partial charge is 0.247 e. The molecule has 25 heavy (non-hydrogen) atoms. The molecule has 2 aromatic rings. The van der Waals surface area contributed by atoms with E-state index in [0.717, 1.165) is 5.56 Å². The highest BCUT2D eigenvalue weighted by molar-refractivity contribution is 7.89. The van der Waals surface area contributed by atoms with Crippen molar-refractivity contribution in [1.29, 1.82) is 0 Å². The monoisotopic (exact) mass is 362 g/mol. The van der Waals surface area contributed by atoms with Crippen LogP contribution in [0.3, 0.4) is 0 Å². The maximum absolute atomic E-state index is 13.0. The fourth-order valence-corrected chi connectivity index (χ4v) is 5.22. The fraction of sp³-hybridized carbons (Fsp3) is 0.412. The summed E-state index contributed by atoms with van der Waals surface area (Å²) in [6, 6.07) is 8.87. The van der Waals surface area contributed by atoms with Gasteiger partial charge in [-0.1, -0.05) is 30.3 Å². The molecule has 0 unspecified atom stereocenters. The Hall–Kier alpha value is -2.19. The Morgan fingerprint density at radius 2 is 2.04 bits per heavy atom. The van der Waals surface area contributed by atoms with Crippen LogP contribution in [-0.4, -0.2) is 41.4 Å². The number of carbonyl (C=O) groups is 1. The number of sulfonamides is 1. The second kappa shape index (κ2) is 6.97. The minimum Gasteiger partial charge on any atom is -0.351 e. The molecule has 1 fully saturated rings. The van der Waals surface area contributed by atoms with Crippen LogP contribution in [0.4, 0.5) is 0 Å². The zero-order valence-corrected chi connectivity index (χ0v) is 15.1. The Balaban J connectivity index is 1.77. The fourth-order valence-electron chi connectivity index (χ4n) is 3.23. The molecule has 1 atom stereocenters. The number of aromatic nitrogens is 2. The average Bonchev–Trinajstić information content (AvgIpc) is 3.21. The standard InChI is InChI=1S/C17H22N4O3S/c1-12-16(13(2)20-19-12)25(23,24)21-10-6-9-15(21)17(22)18-11-14-7-4-3-5-8-14/h3-5,7-8,15H,6,9-11H2,1-2H3,(H,18,22)(H,19,20)/t15-/m0/s1. The van der Waals surface area contributed by atoms with Crippen LogP contribution in [0.2, 0.25) is 0 Å². The van der Waals surface area contributed by atoms with E-state index in [2.05, 4.69) is 15.5 Å². The summed E-state index contributed by atoms with van der Waals surface area (Å²) in [5.41, 5.74) is 1.89. The summed E-state index contributed by atoms with van der Waals surface area (Å²) in [5, 5.41) is 9.52. The average molecular weight is 362 g/mol. The maximum atomic E-state index is 13.0. The predicted molar refractivity (Wildman–Crippen MR) is 93.3 cm³/mol. The van der Waals surface area contributed by atoms with Crippen LogP contribution in [0, 0.1) is 13.8 Å². The van der Waals surface area contributed by atoms with Gasteiger partial charge in [0, 0.05) is 13.1 Å². The van der Waals surface area contributed by atoms with Crippen molar-refractivity contribution in [3.05, 3.63) is 47.3 Å². The normalized spacial score (nSPS) is 18.4. The number of nitrogens with one attached hydrogen (secondary N) is 2. The summed E-state index contributed by atoms with van der Waals surface area (Å²) in [5.74, 6) is -0.260. The Bertz CT molecular complexity index is 842.